The minimum atomic E-state index is -1.58. The first-order chi connectivity index (χ1) is 24.9. The largest absolute Gasteiger partial charge is 0.503 e. The van der Waals surface area contributed by atoms with Crippen LogP contribution in [0.25, 0.3) is 0 Å². The second-order valence-electron chi connectivity index (χ2n) is 13.4. The van der Waals surface area contributed by atoms with E-state index in [4.69, 9.17) is 16.3 Å². The third-order valence-electron chi connectivity index (χ3n) is 10.9. The van der Waals surface area contributed by atoms with E-state index in [9.17, 15) is 23.9 Å². The summed E-state index contributed by atoms with van der Waals surface area (Å²) < 4.78 is 20.5. The first-order valence-electron chi connectivity index (χ1n) is 16.5. The topological polar surface area (TPSA) is 116 Å². The Morgan fingerprint density at radius 3 is 2.27 bits per heavy atom. The highest BCUT2D eigenvalue weighted by Crippen LogP contribution is 2.64. The molecule has 8 rings (SSSR count). The molecule has 2 N–H and O–H groups in total. The van der Waals surface area contributed by atoms with E-state index in [0.29, 0.717) is 32.0 Å². The third-order valence-corrected chi connectivity index (χ3v) is 12.3. The summed E-state index contributed by atoms with van der Waals surface area (Å²) in [6.45, 7) is 0. The number of hydrazine groups is 1. The number of carbonyl (C=O) groups excluding carboxylic acids is 4. The molecule has 4 amide bonds. The molecule has 4 aliphatic rings. The predicted molar refractivity (Wildman–Crippen MR) is 198 cm³/mol. The van der Waals surface area contributed by atoms with Gasteiger partial charge in [-0.05, 0) is 119 Å². The maximum atomic E-state index is 15.3. The molecule has 52 heavy (non-hydrogen) atoms. The second kappa shape index (κ2) is 12.9. The zero-order valence-corrected chi connectivity index (χ0v) is 31.3. The molecule has 6 atom stereocenters. The molecule has 2 heterocycles. The molecule has 3 fully saturated rings. The van der Waals surface area contributed by atoms with Crippen molar-refractivity contribution in [2.24, 2.45) is 23.7 Å². The highest BCUT2D eigenvalue weighted by atomic mass is 79.9. The second-order valence-corrected chi connectivity index (χ2v) is 15.6. The molecule has 0 aromatic heterocycles. The number of phenols is 1. The van der Waals surface area contributed by atoms with Gasteiger partial charge in [-0.2, -0.15) is 5.01 Å². The van der Waals surface area contributed by atoms with Gasteiger partial charge in [0.2, 0.25) is 11.8 Å². The van der Waals surface area contributed by atoms with E-state index in [1.165, 1.54) is 36.3 Å². The van der Waals surface area contributed by atoms with Crippen molar-refractivity contribution in [1.29, 1.82) is 0 Å². The minimum Gasteiger partial charge on any atom is -0.503 e. The fourth-order valence-electron chi connectivity index (χ4n) is 8.79. The van der Waals surface area contributed by atoms with Crippen LogP contribution in [0.5, 0.6) is 11.5 Å². The lowest BCUT2D eigenvalue weighted by atomic mass is 9.49. The molecule has 4 aromatic rings. The number of hydrogen-bond donors (Lipinski definition) is 2. The number of carbonyl (C=O) groups is 4. The Labute approximate surface area is 319 Å². The van der Waals surface area contributed by atoms with Gasteiger partial charge in [-0.1, -0.05) is 51.3 Å². The highest BCUT2D eigenvalue weighted by Gasteiger charge is 2.70. The molecule has 0 spiro atoms. The molecule has 264 valence electrons. The van der Waals surface area contributed by atoms with Crippen LogP contribution in [0.1, 0.15) is 29.9 Å². The van der Waals surface area contributed by atoms with Crippen LogP contribution in [0.3, 0.4) is 0 Å². The van der Waals surface area contributed by atoms with Crippen LogP contribution in [-0.4, -0.2) is 40.9 Å². The molecular weight excluding hydrogens is 821 g/mol. The summed E-state index contributed by atoms with van der Waals surface area (Å²) in [6, 6.07) is 22.3. The molecule has 2 aliphatic heterocycles. The van der Waals surface area contributed by atoms with Crippen LogP contribution < -0.4 is 15.1 Å². The lowest BCUT2D eigenvalue weighted by Gasteiger charge is -2.50. The maximum absolute atomic E-state index is 15.3. The number of hydrogen-bond acceptors (Lipinski definition) is 7. The lowest BCUT2D eigenvalue weighted by molar-refractivity contribution is -0.138. The number of aromatic hydroxyl groups is 1. The number of rotatable bonds is 6. The van der Waals surface area contributed by atoms with Gasteiger partial charge < -0.3 is 9.84 Å². The van der Waals surface area contributed by atoms with E-state index in [0.717, 1.165) is 15.1 Å². The summed E-state index contributed by atoms with van der Waals surface area (Å²) in [6.07, 6.45) is 2.27. The minimum absolute atomic E-state index is 0.0852. The number of nitrogens with one attached hydrogen (secondary N) is 1. The van der Waals surface area contributed by atoms with Gasteiger partial charge in [0, 0.05) is 15.4 Å². The number of ether oxygens (including phenoxy) is 1. The Balaban J connectivity index is 1.35. The number of nitrogens with zero attached hydrogens (tertiary/aromatic N) is 2. The van der Waals surface area contributed by atoms with Crippen LogP contribution >= 0.6 is 43.5 Å². The van der Waals surface area contributed by atoms with Gasteiger partial charge in [-0.15, -0.1) is 0 Å². The zero-order chi connectivity index (χ0) is 36.6. The Morgan fingerprint density at radius 2 is 1.60 bits per heavy atom. The Bertz CT molecular complexity index is 2200. The molecular formula is C39H29Br2ClFN3O6. The van der Waals surface area contributed by atoms with Gasteiger partial charge in [0.1, 0.15) is 5.82 Å². The Hall–Kier alpha value is -4.52. The van der Waals surface area contributed by atoms with Crippen molar-refractivity contribution < 1.29 is 33.4 Å². The van der Waals surface area contributed by atoms with Crippen molar-refractivity contribution in [1.82, 2.24) is 5.01 Å². The predicted octanol–water partition coefficient (Wildman–Crippen LogP) is 7.91. The van der Waals surface area contributed by atoms with Crippen LogP contribution in [0.15, 0.2) is 106 Å². The van der Waals surface area contributed by atoms with E-state index in [2.05, 4.69) is 37.3 Å². The van der Waals surface area contributed by atoms with Crippen molar-refractivity contribution in [3.05, 3.63) is 127 Å². The van der Waals surface area contributed by atoms with Crippen LogP contribution in [0, 0.1) is 29.5 Å². The molecule has 9 nitrogen and oxygen atoms in total. The van der Waals surface area contributed by atoms with Crippen LogP contribution in [0.2, 0.25) is 5.02 Å². The normalized spacial score (nSPS) is 26.6. The quantitative estimate of drug-likeness (QED) is 0.150. The summed E-state index contributed by atoms with van der Waals surface area (Å²) in [7, 11) is 1.41. The molecule has 4 aromatic carbocycles. The number of fused-ring (bicyclic) bond motifs is 4. The standard InChI is InChI=1S/C39H29Br2ClFN3O6/c1-52-31-17-19(16-30(41)34(31)47)33-26-14-15-27-32(37(50)45(35(27)48)25-12-4-21(40)5-13-25)28(26)18-29-36(49)46(44-24-10-8-23(43)9-11-24)38(51)39(29,33)20-2-6-22(42)7-3-20/h2-14,16-17,27-29,32-33,44,47H,15,18H2,1H3. The SMILES string of the molecule is COc1cc(C2C3=CCC4C(=O)N(c5ccc(Br)cc5)C(=O)C4C3CC3C(=O)N(Nc4ccc(F)cc4)C(=O)C32c2ccc(Cl)cc2)cc(Br)c1O. The summed E-state index contributed by atoms with van der Waals surface area (Å²) in [5, 5.41) is 12.3. The van der Waals surface area contributed by atoms with E-state index in [-0.39, 0.29) is 36.2 Å². The monoisotopic (exact) mass is 847 g/mol. The van der Waals surface area contributed by atoms with E-state index in [1.807, 2.05) is 6.08 Å². The van der Waals surface area contributed by atoms with Gasteiger partial charge >= 0.3 is 0 Å². The summed E-state index contributed by atoms with van der Waals surface area (Å²) in [4.78, 5) is 59.8. The zero-order valence-electron chi connectivity index (χ0n) is 27.4. The van der Waals surface area contributed by atoms with Crippen LogP contribution in [-0.2, 0) is 24.6 Å². The summed E-state index contributed by atoms with van der Waals surface area (Å²) >= 11 is 13.2. The van der Waals surface area contributed by atoms with E-state index >= 15 is 4.79 Å². The molecule has 0 bridgehead atoms. The average Bonchev–Trinajstić information content (AvgIpc) is 3.51. The molecule has 2 aliphatic carbocycles. The molecule has 6 unspecified atom stereocenters. The Morgan fingerprint density at radius 1 is 0.904 bits per heavy atom. The van der Waals surface area contributed by atoms with Gasteiger partial charge in [0.05, 0.1) is 46.1 Å². The number of anilines is 2. The Kier molecular flexibility index (Phi) is 8.54. The van der Waals surface area contributed by atoms with Crippen molar-refractivity contribution in [3.63, 3.8) is 0 Å². The van der Waals surface area contributed by atoms with Gasteiger partial charge in [0.25, 0.3) is 11.8 Å². The van der Waals surface area contributed by atoms with Crippen molar-refractivity contribution in [2.45, 2.75) is 24.2 Å². The first-order valence-corrected chi connectivity index (χ1v) is 18.5. The first kappa shape index (κ1) is 34.6. The highest BCUT2D eigenvalue weighted by molar-refractivity contribution is 9.10. The maximum Gasteiger partial charge on any atom is 0.260 e. The lowest BCUT2D eigenvalue weighted by Crippen LogP contribution is -2.53. The number of imide groups is 2. The fourth-order valence-corrected chi connectivity index (χ4v) is 9.64. The molecule has 0 radical (unpaired) electrons. The summed E-state index contributed by atoms with van der Waals surface area (Å²) in [5.74, 6) is -6.26. The van der Waals surface area contributed by atoms with Crippen LogP contribution in [0.4, 0.5) is 15.8 Å². The van der Waals surface area contributed by atoms with Crippen molar-refractivity contribution >= 4 is 78.5 Å². The number of methoxy groups -OCH3 is 1. The molecule has 2 saturated heterocycles. The number of amides is 4. The fraction of sp³-hybridized carbons (Fsp3) is 0.231. The third kappa shape index (κ3) is 5.13. The van der Waals surface area contributed by atoms with Gasteiger partial charge in [0.15, 0.2) is 11.5 Å². The smallest absolute Gasteiger partial charge is 0.260 e. The molecule has 1 saturated carbocycles. The summed E-state index contributed by atoms with van der Waals surface area (Å²) in [5.41, 5.74) is 3.92. The van der Waals surface area contributed by atoms with Gasteiger partial charge in [-0.3, -0.25) is 29.5 Å². The van der Waals surface area contributed by atoms with Crippen molar-refractivity contribution in [3.8, 4) is 11.5 Å². The van der Waals surface area contributed by atoms with Gasteiger partial charge in [-0.25, -0.2) is 4.39 Å². The molecule has 13 heteroatoms. The number of halogens is 4. The number of allylic oxidation sites excluding steroid dienone is 2. The number of phenolic OH excluding ortho intramolecular Hbond substituents is 1. The van der Waals surface area contributed by atoms with E-state index < -0.39 is 52.6 Å². The van der Waals surface area contributed by atoms with Crippen molar-refractivity contribution in [2.75, 3.05) is 17.4 Å². The number of benzene rings is 4. The van der Waals surface area contributed by atoms with E-state index in [1.54, 1.807) is 60.7 Å². The average molecular weight is 850 g/mol.